The van der Waals surface area contributed by atoms with E-state index in [-0.39, 0.29) is 5.25 Å². The Labute approximate surface area is 126 Å². The third kappa shape index (κ3) is 3.78. The minimum absolute atomic E-state index is 0.0905. The number of hydrogen-bond acceptors (Lipinski definition) is 2. The van der Waals surface area contributed by atoms with Crippen molar-refractivity contribution in [3.63, 3.8) is 0 Å². The van der Waals surface area contributed by atoms with Gasteiger partial charge >= 0.3 is 0 Å². The highest BCUT2D eigenvalue weighted by molar-refractivity contribution is 7.99. The van der Waals surface area contributed by atoms with Gasteiger partial charge in [0.2, 0.25) is 5.91 Å². The van der Waals surface area contributed by atoms with Gasteiger partial charge in [-0.2, -0.15) is 0 Å². The van der Waals surface area contributed by atoms with E-state index in [1.807, 2.05) is 0 Å². The highest BCUT2D eigenvalue weighted by atomic mass is 32.2. The molecule has 1 amide bonds. The maximum Gasteiger partial charge on any atom is 0.235 e. The van der Waals surface area contributed by atoms with Crippen LogP contribution in [0, 0.1) is 12.8 Å². The molecule has 3 heteroatoms. The molecule has 2 nitrogen and oxygen atoms in total. The first-order valence-electron chi connectivity index (χ1n) is 7.54. The van der Waals surface area contributed by atoms with Gasteiger partial charge in [0, 0.05) is 18.8 Å². The zero-order chi connectivity index (χ0) is 14.5. The first kappa shape index (κ1) is 15.4. The van der Waals surface area contributed by atoms with Crippen LogP contribution in [0.15, 0.2) is 24.3 Å². The number of carbonyl (C=O) groups is 1. The summed E-state index contributed by atoms with van der Waals surface area (Å²) in [5.41, 5.74) is 2.66. The summed E-state index contributed by atoms with van der Waals surface area (Å²) in [6, 6.07) is 8.46. The summed E-state index contributed by atoms with van der Waals surface area (Å²) >= 11 is 1.80. The predicted molar refractivity (Wildman–Crippen MR) is 86.9 cm³/mol. The molecule has 1 aliphatic heterocycles. The molecule has 20 heavy (non-hydrogen) atoms. The molecule has 1 aromatic rings. The van der Waals surface area contributed by atoms with Crippen molar-refractivity contribution >= 4 is 17.7 Å². The summed E-state index contributed by atoms with van der Waals surface area (Å²) in [5, 5.41) is 0.0905. The number of benzene rings is 1. The van der Waals surface area contributed by atoms with E-state index in [2.05, 4.69) is 49.9 Å². The summed E-state index contributed by atoms with van der Waals surface area (Å²) in [4.78, 5) is 14.6. The normalized spacial score (nSPS) is 16.7. The lowest BCUT2D eigenvalue weighted by Gasteiger charge is -2.25. The largest absolute Gasteiger partial charge is 0.342 e. The Morgan fingerprint density at radius 3 is 2.50 bits per heavy atom. The number of aryl methyl sites for hydroxylation is 1. The van der Waals surface area contributed by atoms with Gasteiger partial charge in [-0.1, -0.05) is 38.1 Å². The van der Waals surface area contributed by atoms with Crippen molar-refractivity contribution in [2.45, 2.75) is 44.6 Å². The van der Waals surface area contributed by atoms with Gasteiger partial charge in [0.15, 0.2) is 0 Å². The lowest BCUT2D eigenvalue weighted by molar-refractivity contribution is -0.130. The van der Waals surface area contributed by atoms with Gasteiger partial charge in [-0.15, -0.1) is 11.8 Å². The van der Waals surface area contributed by atoms with Gasteiger partial charge in [0.1, 0.15) is 0 Å². The maximum atomic E-state index is 12.6. The second-order valence-corrected chi connectivity index (χ2v) is 7.06. The topological polar surface area (TPSA) is 20.3 Å². The van der Waals surface area contributed by atoms with Crippen LogP contribution < -0.4 is 0 Å². The van der Waals surface area contributed by atoms with E-state index in [1.54, 1.807) is 11.8 Å². The predicted octanol–water partition coefficient (Wildman–Crippen LogP) is 3.88. The maximum absolute atomic E-state index is 12.6. The lowest BCUT2D eigenvalue weighted by Crippen LogP contribution is -2.38. The summed E-state index contributed by atoms with van der Waals surface area (Å²) in [6.45, 7) is 8.36. The summed E-state index contributed by atoms with van der Waals surface area (Å²) < 4.78 is 0. The van der Waals surface area contributed by atoms with E-state index in [9.17, 15) is 4.79 Å². The second-order valence-electron chi connectivity index (χ2n) is 5.93. The third-order valence-corrected chi connectivity index (χ3v) is 5.53. The van der Waals surface area contributed by atoms with Gasteiger partial charge < -0.3 is 4.90 Å². The second kappa shape index (κ2) is 7.16. The minimum Gasteiger partial charge on any atom is -0.342 e. The molecular formula is C17H25NOS. The molecule has 1 fully saturated rings. The minimum atomic E-state index is 0.0905. The smallest absolute Gasteiger partial charge is 0.235 e. The van der Waals surface area contributed by atoms with Gasteiger partial charge in [-0.25, -0.2) is 0 Å². The Morgan fingerprint density at radius 2 is 1.90 bits per heavy atom. The molecule has 0 radical (unpaired) electrons. The molecule has 0 aromatic heterocycles. The number of carbonyl (C=O) groups excluding carboxylic acids is 1. The third-order valence-electron chi connectivity index (χ3n) is 3.95. The Kier molecular flexibility index (Phi) is 5.53. The van der Waals surface area contributed by atoms with E-state index < -0.39 is 0 Å². The molecule has 1 unspecified atom stereocenters. The molecule has 1 aromatic carbocycles. The fourth-order valence-corrected chi connectivity index (χ4v) is 3.98. The van der Waals surface area contributed by atoms with Gasteiger partial charge in [0.25, 0.3) is 0 Å². The van der Waals surface area contributed by atoms with E-state index in [4.69, 9.17) is 0 Å². The quantitative estimate of drug-likeness (QED) is 0.820. The van der Waals surface area contributed by atoms with Gasteiger partial charge in [-0.05, 0) is 36.8 Å². The van der Waals surface area contributed by atoms with E-state index >= 15 is 0 Å². The molecule has 0 aliphatic carbocycles. The van der Waals surface area contributed by atoms with Crippen LogP contribution in [0.2, 0.25) is 0 Å². The average Bonchev–Trinajstić information content (AvgIpc) is 2.94. The molecule has 0 bridgehead atoms. The van der Waals surface area contributed by atoms with Crippen LogP contribution >= 0.6 is 11.8 Å². The van der Waals surface area contributed by atoms with Crippen molar-refractivity contribution in [2.75, 3.05) is 13.1 Å². The standard InChI is InChI=1S/C17H25NOS/c1-13(2)16(17(19)18-10-6-7-11-18)20-12-15-9-5-4-8-14(15)3/h4-5,8-9,13,16H,6-7,10-12H2,1-3H3. The lowest BCUT2D eigenvalue weighted by atomic mass is 10.1. The van der Waals surface area contributed by atoms with Crippen molar-refractivity contribution in [2.24, 2.45) is 5.92 Å². The Hall–Kier alpha value is -0.960. The van der Waals surface area contributed by atoms with Crippen LogP contribution in [0.1, 0.15) is 37.8 Å². The molecule has 110 valence electrons. The molecule has 1 heterocycles. The van der Waals surface area contributed by atoms with Crippen LogP contribution in [-0.4, -0.2) is 29.1 Å². The number of amides is 1. The van der Waals surface area contributed by atoms with Crippen molar-refractivity contribution in [1.29, 1.82) is 0 Å². The summed E-state index contributed by atoms with van der Waals surface area (Å²) in [6.07, 6.45) is 2.33. The van der Waals surface area contributed by atoms with Crippen molar-refractivity contribution < 1.29 is 4.79 Å². The molecule has 0 N–H and O–H groups in total. The highest BCUT2D eigenvalue weighted by Gasteiger charge is 2.29. The number of hydrogen-bond donors (Lipinski definition) is 0. The average molecular weight is 291 g/mol. The first-order valence-corrected chi connectivity index (χ1v) is 8.59. The van der Waals surface area contributed by atoms with E-state index in [0.29, 0.717) is 11.8 Å². The molecule has 0 saturated carbocycles. The zero-order valence-electron chi connectivity index (χ0n) is 12.8. The highest BCUT2D eigenvalue weighted by Crippen LogP contribution is 2.27. The number of likely N-dealkylation sites (tertiary alicyclic amines) is 1. The number of rotatable bonds is 5. The van der Waals surface area contributed by atoms with Crippen LogP contribution in [0.4, 0.5) is 0 Å². The monoisotopic (exact) mass is 291 g/mol. The van der Waals surface area contributed by atoms with E-state index in [1.165, 1.54) is 24.0 Å². The summed E-state index contributed by atoms with van der Waals surface area (Å²) in [7, 11) is 0. The number of thioether (sulfide) groups is 1. The van der Waals surface area contributed by atoms with Crippen molar-refractivity contribution in [3.05, 3.63) is 35.4 Å². The molecule has 1 aliphatic rings. The molecule has 2 rings (SSSR count). The SMILES string of the molecule is Cc1ccccc1CSC(C(=O)N1CCCC1)C(C)C. The fourth-order valence-electron chi connectivity index (χ4n) is 2.62. The Bertz CT molecular complexity index is 452. The Morgan fingerprint density at radius 1 is 1.25 bits per heavy atom. The van der Waals surface area contributed by atoms with Crippen molar-refractivity contribution in [3.8, 4) is 0 Å². The molecule has 0 spiro atoms. The van der Waals surface area contributed by atoms with Crippen LogP contribution in [0.3, 0.4) is 0 Å². The molecule has 1 saturated heterocycles. The van der Waals surface area contributed by atoms with Gasteiger partial charge in [-0.3, -0.25) is 4.79 Å². The Balaban J connectivity index is 1.99. The van der Waals surface area contributed by atoms with Crippen LogP contribution in [0.25, 0.3) is 0 Å². The van der Waals surface area contributed by atoms with Crippen LogP contribution in [0.5, 0.6) is 0 Å². The molecule has 1 atom stereocenters. The zero-order valence-corrected chi connectivity index (χ0v) is 13.6. The molecular weight excluding hydrogens is 266 g/mol. The first-order chi connectivity index (χ1) is 9.59. The fraction of sp³-hybridized carbons (Fsp3) is 0.588. The van der Waals surface area contributed by atoms with Crippen molar-refractivity contribution in [1.82, 2.24) is 4.90 Å². The van der Waals surface area contributed by atoms with E-state index in [0.717, 1.165) is 18.8 Å². The number of nitrogens with zero attached hydrogens (tertiary/aromatic N) is 1. The van der Waals surface area contributed by atoms with Gasteiger partial charge in [0.05, 0.1) is 5.25 Å². The summed E-state index contributed by atoms with van der Waals surface area (Å²) in [5.74, 6) is 1.66. The van der Waals surface area contributed by atoms with Crippen LogP contribution in [-0.2, 0) is 10.5 Å².